The zero-order valence-corrected chi connectivity index (χ0v) is 33.6. The van der Waals surface area contributed by atoms with E-state index in [2.05, 4.69) is 205 Å². The molecular formula is C58H45NO. The summed E-state index contributed by atoms with van der Waals surface area (Å²) < 4.78 is 6.72. The van der Waals surface area contributed by atoms with Gasteiger partial charge in [0, 0.05) is 33.0 Å². The molecule has 1 aromatic heterocycles. The van der Waals surface area contributed by atoms with Gasteiger partial charge in [0.25, 0.3) is 0 Å². The van der Waals surface area contributed by atoms with E-state index in [9.17, 15) is 0 Å². The largest absolute Gasteiger partial charge is 0.455 e. The van der Waals surface area contributed by atoms with E-state index in [1.807, 2.05) is 6.07 Å². The van der Waals surface area contributed by atoms with Crippen LogP contribution in [0.1, 0.15) is 43.6 Å². The number of hydrogen-bond donors (Lipinski definition) is 0. The lowest BCUT2D eigenvalue weighted by molar-refractivity contribution is 0.445. The summed E-state index contributed by atoms with van der Waals surface area (Å²) in [6.45, 7) is 0. The third-order valence-corrected chi connectivity index (χ3v) is 12.7. The van der Waals surface area contributed by atoms with Crippen molar-refractivity contribution in [1.82, 2.24) is 0 Å². The van der Waals surface area contributed by atoms with Crippen LogP contribution in [-0.4, -0.2) is 0 Å². The molecule has 2 heteroatoms. The fraction of sp³-hybridized carbons (Fsp3) is 0.103. The molecule has 1 fully saturated rings. The normalized spacial score (nSPS) is 13.3. The first-order chi connectivity index (χ1) is 29.8. The summed E-state index contributed by atoms with van der Waals surface area (Å²) in [5.41, 5.74) is 16.0. The lowest BCUT2D eigenvalue weighted by atomic mass is 9.80. The van der Waals surface area contributed by atoms with Crippen LogP contribution in [0.25, 0.3) is 77.2 Å². The van der Waals surface area contributed by atoms with Gasteiger partial charge >= 0.3 is 0 Å². The van der Waals surface area contributed by atoms with Gasteiger partial charge in [0.2, 0.25) is 0 Å². The van der Waals surface area contributed by atoms with E-state index >= 15 is 0 Å². The van der Waals surface area contributed by atoms with Gasteiger partial charge in [-0.1, -0.05) is 201 Å². The van der Waals surface area contributed by atoms with Gasteiger partial charge in [0.05, 0.1) is 17.1 Å². The molecule has 0 N–H and O–H groups in total. The minimum Gasteiger partial charge on any atom is -0.455 e. The van der Waals surface area contributed by atoms with Gasteiger partial charge in [0.1, 0.15) is 11.2 Å². The molecule has 1 heterocycles. The van der Waals surface area contributed by atoms with Crippen molar-refractivity contribution in [2.45, 2.75) is 38.0 Å². The highest BCUT2D eigenvalue weighted by molar-refractivity contribution is 6.11. The van der Waals surface area contributed by atoms with E-state index in [4.69, 9.17) is 4.42 Å². The van der Waals surface area contributed by atoms with Crippen LogP contribution in [-0.2, 0) is 0 Å². The summed E-state index contributed by atoms with van der Waals surface area (Å²) in [6, 6.07) is 75.2. The zero-order valence-electron chi connectivity index (χ0n) is 33.6. The molecule has 10 aromatic rings. The maximum Gasteiger partial charge on any atom is 0.143 e. The first kappa shape index (κ1) is 36.0. The number of furan rings is 1. The summed E-state index contributed by atoms with van der Waals surface area (Å²) >= 11 is 0. The molecule has 60 heavy (non-hydrogen) atoms. The molecule has 0 spiro atoms. The molecule has 0 aliphatic heterocycles. The van der Waals surface area contributed by atoms with E-state index in [0.717, 1.165) is 61.3 Å². The topological polar surface area (TPSA) is 16.4 Å². The van der Waals surface area contributed by atoms with Crippen molar-refractivity contribution in [3.63, 3.8) is 0 Å². The molecule has 0 radical (unpaired) electrons. The predicted molar refractivity (Wildman–Crippen MR) is 253 cm³/mol. The van der Waals surface area contributed by atoms with Crippen LogP contribution in [0.3, 0.4) is 0 Å². The lowest BCUT2D eigenvalue weighted by Crippen LogP contribution is -2.14. The van der Waals surface area contributed by atoms with Crippen molar-refractivity contribution in [2.75, 3.05) is 4.90 Å². The van der Waals surface area contributed by atoms with Crippen molar-refractivity contribution in [1.29, 1.82) is 0 Å². The maximum absolute atomic E-state index is 6.72. The third kappa shape index (κ3) is 6.37. The van der Waals surface area contributed by atoms with Gasteiger partial charge in [-0.15, -0.1) is 0 Å². The Morgan fingerprint density at radius 3 is 1.63 bits per heavy atom. The van der Waals surface area contributed by atoms with E-state index in [1.165, 1.54) is 70.7 Å². The van der Waals surface area contributed by atoms with E-state index in [-0.39, 0.29) is 0 Å². The number of nitrogens with zero attached hydrogens (tertiary/aromatic N) is 1. The van der Waals surface area contributed by atoms with Gasteiger partial charge in [-0.05, 0) is 81.6 Å². The highest BCUT2D eigenvalue weighted by atomic mass is 16.3. The van der Waals surface area contributed by atoms with Gasteiger partial charge in [-0.2, -0.15) is 0 Å². The lowest BCUT2D eigenvalue weighted by Gasteiger charge is -2.32. The Labute approximate surface area is 352 Å². The number of para-hydroxylation sites is 5. The van der Waals surface area contributed by atoms with Crippen molar-refractivity contribution in [2.24, 2.45) is 0 Å². The summed E-state index contributed by atoms with van der Waals surface area (Å²) in [5.74, 6) is 0.566. The second-order valence-electron chi connectivity index (χ2n) is 16.2. The molecule has 0 amide bonds. The van der Waals surface area contributed by atoms with E-state index in [1.54, 1.807) is 0 Å². The first-order valence-electron chi connectivity index (χ1n) is 21.5. The average Bonchev–Trinajstić information content (AvgIpc) is 3.72. The number of benzene rings is 9. The van der Waals surface area contributed by atoms with Crippen LogP contribution in [0, 0.1) is 0 Å². The molecule has 0 saturated heterocycles. The fourth-order valence-corrected chi connectivity index (χ4v) is 9.88. The molecule has 11 rings (SSSR count). The summed E-state index contributed by atoms with van der Waals surface area (Å²) in [6.07, 6.45) is 6.43. The molecular weight excluding hydrogens is 727 g/mol. The van der Waals surface area contributed by atoms with Gasteiger partial charge in [-0.3, -0.25) is 0 Å². The Morgan fingerprint density at radius 2 is 0.883 bits per heavy atom. The highest BCUT2D eigenvalue weighted by Crippen LogP contribution is 2.50. The number of hydrogen-bond acceptors (Lipinski definition) is 2. The smallest absolute Gasteiger partial charge is 0.143 e. The van der Waals surface area contributed by atoms with Gasteiger partial charge < -0.3 is 9.32 Å². The molecule has 1 aliphatic carbocycles. The summed E-state index contributed by atoms with van der Waals surface area (Å²) in [4.78, 5) is 2.51. The molecule has 0 atom stereocenters. The maximum atomic E-state index is 6.72. The van der Waals surface area contributed by atoms with Crippen LogP contribution < -0.4 is 4.90 Å². The monoisotopic (exact) mass is 771 g/mol. The Hall–Kier alpha value is -7.16. The second-order valence-corrected chi connectivity index (χ2v) is 16.2. The first-order valence-corrected chi connectivity index (χ1v) is 21.5. The zero-order chi connectivity index (χ0) is 39.8. The molecule has 288 valence electrons. The van der Waals surface area contributed by atoms with Crippen LogP contribution in [0.15, 0.2) is 211 Å². The Kier molecular flexibility index (Phi) is 9.32. The number of anilines is 3. The molecule has 9 aromatic carbocycles. The predicted octanol–water partition coefficient (Wildman–Crippen LogP) is 16.9. The highest BCUT2D eigenvalue weighted by Gasteiger charge is 2.26. The summed E-state index contributed by atoms with van der Waals surface area (Å²) in [7, 11) is 0. The van der Waals surface area contributed by atoms with Crippen molar-refractivity contribution in [3.8, 4) is 44.5 Å². The van der Waals surface area contributed by atoms with Crippen molar-refractivity contribution >= 4 is 49.8 Å². The van der Waals surface area contributed by atoms with Crippen molar-refractivity contribution in [3.05, 3.63) is 212 Å². The summed E-state index contributed by atoms with van der Waals surface area (Å²) in [5, 5.41) is 4.93. The Bertz CT molecular complexity index is 3130. The third-order valence-electron chi connectivity index (χ3n) is 12.7. The average molecular weight is 772 g/mol. The molecule has 1 aliphatic rings. The fourth-order valence-electron chi connectivity index (χ4n) is 9.88. The quantitative estimate of drug-likeness (QED) is 0.153. The molecule has 1 saturated carbocycles. The minimum atomic E-state index is 0.566. The second kappa shape index (κ2) is 15.5. The SMILES string of the molecule is c1ccc(-c2ccc(-c3ccccc3N(c3ccccc3-c3cccc4c3oc3ccccc34)c3ccccc3-c3cccc4cccc(C5CCCCC5)c34)cc2)cc1. The van der Waals surface area contributed by atoms with E-state index in [0.29, 0.717) is 5.92 Å². The Morgan fingerprint density at radius 1 is 0.367 bits per heavy atom. The molecule has 0 bridgehead atoms. The minimum absolute atomic E-state index is 0.566. The van der Waals surface area contributed by atoms with Crippen LogP contribution in [0.2, 0.25) is 0 Å². The molecule has 0 unspecified atom stereocenters. The van der Waals surface area contributed by atoms with Crippen LogP contribution >= 0.6 is 0 Å². The van der Waals surface area contributed by atoms with Crippen LogP contribution in [0.5, 0.6) is 0 Å². The number of fused-ring (bicyclic) bond motifs is 4. The standard InChI is InChI=1S/C58H45NO/c1-3-18-40(19-4-1)41-36-38-43(39-37-41)45-24-7-11-32-53(45)59(55-34-13-9-26-48(55)51-30-17-31-52-49-27-10-14-35-56(49)60-58(51)52)54-33-12-8-25-47(54)50-29-16-23-44-22-15-28-46(57(44)50)42-20-5-2-6-21-42/h1,3-4,7-19,22-39,42H,2,5-6,20-21H2. The van der Waals surface area contributed by atoms with Crippen molar-refractivity contribution < 1.29 is 4.42 Å². The molecule has 2 nitrogen and oxygen atoms in total. The van der Waals surface area contributed by atoms with E-state index < -0.39 is 0 Å². The van der Waals surface area contributed by atoms with Gasteiger partial charge in [0.15, 0.2) is 0 Å². The number of rotatable bonds is 8. The van der Waals surface area contributed by atoms with Gasteiger partial charge in [-0.25, -0.2) is 0 Å². The van der Waals surface area contributed by atoms with Crippen LogP contribution in [0.4, 0.5) is 17.1 Å². The Balaban J connectivity index is 1.16.